The van der Waals surface area contributed by atoms with E-state index in [1.165, 1.54) is 7.11 Å². The maximum absolute atomic E-state index is 12.8. The predicted octanol–water partition coefficient (Wildman–Crippen LogP) is 1.80. The summed E-state index contributed by atoms with van der Waals surface area (Å²) in [5, 5.41) is 0. The molecule has 2 amide bonds. The molecule has 7 heteroatoms. The first-order valence-corrected chi connectivity index (χ1v) is 8.59. The van der Waals surface area contributed by atoms with E-state index in [0.29, 0.717) is 38.9 Å². The van der Waals surface area contributed by atoms with E-state index < -0.39 is 17.7 Å². The number of amides is 2. The molecule has 0 radical (unpaired) electrons. The van der Waals surface area contributed by atoms with Crippen molar-refractivity contribution in [3.05, 3.63) is 0 Å². The summed E-state index contributed by atoms with van der Waals surface area (Å²) >= 11 is 0. The number of piperidine rings is 1. The number of likely N-dealkylation sites (tertiary alicyclic amines) is 2. The van der Waals surface area contributed by atoms with Gasteiger partial charge in [-0.15, -0.1) is 0 Å². The number of esters is 1. The average Bonchev–Trinajstić information content (AvgIpc) is 3.01. The molecule has 2 heterocycles. The van der Waals surface area contributed by atoms with Gasteiger partial charge < -0.3 is 14.4 Å². The highest BCUT2D eigenvalue weighted by Crippen LogP contribution is 2.25. The molecule has 1 unspecified atom stereocenters. The summed E-state index contributed by atoms with van der Waals surface area (Å²) in [7, 11) is 1.39. The molecule has 0 aromatic rings. The van der Waals surface area contributed by atoms with Crippen molar-refractivity contribution in [2.45, 2.75) is 58.1 Å². The van der Waals surface area contributed by atoms with Crippen molar-refractivity contribution in [1.82, 2.24) is 9.80 Å². The quantitative estimate of drug-likeness (QED) is 0.717. The Morgan fingerprint density at radius 2 is 1.62 bits per heavy atom. The lowest BCUT2D eigenvalue weighted by atomic mass is 9.96. The van der Waals surface area contributed by atoms with Crippen molar-refractivity contribution >= 4 is 18.0 Å². The maximum Gasteiger partial charge on any atom is 0.410 e. The van der Waals surface area contributed by atoms with Crippen LogP contribution < -0.4 is 0 Å². The zero-order valence-electron chi connectivity index (χ0n) is 15.0. The second-order valence-electron chi connectivity index (χ2n) is 7.45. The molecule has 2 aliphatic rings. The van der Waals surface area contributed by atoms with Crippen LogP contribution in [0.15, 0.2) is 0 Å². The monoisotopic (exact) mass is 340 g/mol. The molecule has 0 aromatic carbocycles. The first-order valence-electron chi connectivity index (χ1n) is 8.59. The van der Waals surface area contributed by atoms with Gasteiger partial charge in [-0.05, 0) is 46.5 Å². The topological polar surface area (TPSA) is 76.2 Å². The second kappa shape index (κ2) is 7.40. The van der Waals surface area contributed by atoms with Crippen LogP contribution in [0, 0.1) is 5.92 Å². The summed E-state index contributed by atoms with van der Waals surface area (Å²) in [4.78, 5) is 40.0. The minimum atomic E-state index is -0.577. The number of carbonyl (C=O) groups is 3. The lowest BCUT2D eigenvalue weighted by molar-refractivity contribution is -0.149. The number of carbonyl (C=O) groups excluding carboxylic acids is 3. The Morgan fingerprint density at radius 1 is 1.00 bits per heavy atom. The fraction of sp³-hybridized carbons (Fsp3) is 0.824. The molecule has 136 valence electrons. The zero-order chi connectivity index (χ0) is 17.9. The van der Waals surface area contributed by atoms with Crippen molar-refractivity contribution in [2.75, 3.05) is 26.7 Å². The fourth-order valence-electron chi connectivity index (χ4n) is 3.28. The number of hydrogen-bond donors (Lipinski definition) is 0. The molecular formula is C17H28N2O5. The Labute approximate surface area is 143 Å². The Morgan fingerprint density at radius 3 is 2.17 bits per heavy atom. The van der Waals surface area contributed by atoms with Crippen molar-refractivity contribution in [3.63, 3.8) is 0 Å². The van der Waals surface area contributed by atoms with Crippen LogP contribution in [-0.4, -0.2) is 66.2 Å². The van der Waals surface area contributed by atoms with Gasteiger partial charge in [-0.3, -0.25) is 14.5 Å². The van der Waals surface area contributed by atoms with Gasteiger partial charge in [0.25, 0.3) is 0 Å². The van der Waals surface area contributed by atoms with Crippen LogP contribution in [0.25, 0.3) is 0 Å². The minimum Gasteiger partial charge on any atom is -0.469 e. The van der Waals surface area contributed by atoms with Crippen LogP contribution in [0.1, 0.15) is 46.5 Å². The molecule has 7 nitrogen and oxygen atoms in total. The van der Waals surface area contributed by atoms with Crippen LogP contribution in [0.4, 0.5) is 4.79 Å². The summed E-state index contributed by atoms with van der Waals surface area (Å²) in [5.41, 5.74) is -0.577. The standard InChI is InChI=1S/C17H28N2O5/c1-17(2,3)24-16(22)19-9-5-6-13(19)14(20)18-10-7-12(8-11-18)15(21)23-4/h12-13H,5-11H2,1-4H3. The maximum atomic E-state index is 12.8. The van der Waals surface area contributed by atoms with E-state index in [1.807, 2.05) is 20.8 Å². The highest BCUT2D eigenvalue weighted by molar-refractivity contribution is 5.86. The third-order valence-electron chi connectivity index (χ3n) is 4.51. The normalized spacial score (nSPS) is 22.4. The second-order valence-corrected chi connectivity index (χ2v) is 7.45. The first-order chi connectivity index (χ1) is 11.2. The number of hydrogen-bond acceptors (Lipinski definition) is 5. The van der Waals surface area contributed by atoms with Crippen molar-refractivity contribution in [1.29, 1.82) is 0 Å². The van der Waals surface area contributed by atoms with E-state index in [4.69, 9.17) is 9.47 Å². The fourth-order valence-corrected chi connectivity index (χ4v) is 3.28. The molecule has 1 atom stereocenters. The zero-order valence-corrected chi connectivity index (χ0v) is 15.0. The molecule has 2 aliphatic heterocycles. The highest BCUT2D eigenvalue weighted by Gasteiger charge is 2.39. The molecule has 2 saturated heterocycles. The summed E-state index contributed by atoms with van der Waals surface area (Å²) in [5.74, 6) is -0.385. The molecule has 2 fully saturated rings. The van der Waals surface area contributed by atoms with Crippen molar-refractivity contribution in [2.24, 2.45) is 5.92 Å². The van der Waals surface area contributed by atoms with Gasteiger partial charge in [-0.1, -0.05) is 0 Å². The van der Waals surface area contributed by atoms with Gasteiger partial charge in [0.1, 0.15) is 11.6 Å². The Hall–Kier alpha value is -1.79. The van der Waals surface area contributed by atoms with Gasteiger partial charge in [-0.2, -0.15) is 0 Å². The van der Waals surface area contributed by atoms with Gasteiger partial charge in [0.2, 0.25) is 5.91 Å². The third kappa shape index (κ3) is 4.39. The van der Waals surface area contributed by atoms with E-state index in [1.54, 1.807) is 9.80 Å². The van der Waals surface area contributed by atoms with E-state index >= 15 is 0 Å². The molecule has 2 rings (SSSR count). The highest BCUT2D eigenvalue weighted by atomic mass is 16.6. The van der Waals surface area contributed by atoms with Crippen LogP contribution in [0.5, 0.6) is 0 Å². The van der Waals surface area contributed by atoms with E-state index in [0.717, 1.165) is 6.42 Å². The van der Waals surface area contributed by atoms with E-state index in [9.17, 15) is 14.4 Å². The minimum absolute atomic E-state index is 0.0401. The molecule has 0 saturated carbocycles. The molecule has 0 spiro atoms. The van der Waals surface area contributed by atoms with Crippen LogP contribution in [0.2, 0.25) is 0 Å². The first kappa shape index (κ1) is 18.5. The van der Waals surface area contributed by atoms with Crippen molar-refractivity contribution < 1.29 is 23.9 Å². The molecule has 0 N–H and O–H groups in total. The smallest absolute Gasteiger partial charge is 0.410 e. The van der Waals surface area contributed by atoms with Gasteiger partial charge >= 0.3 is 12.1 Å². The van der Waals surface area contributed by atoms with E-state index in [2.05, 4.69) is 0 Å². The number of nitrogens with zero attached hydrogens (tertiary/aromatic N) is 2. The lowest BCUT2D eigenvalue weighted by Crippen LogP contribution is -2.51. The number of ether oxygens (including phenoxy) is 2. The Bertz CT molecular complexity index is 492. The van der Waals surface area contributed by atoms with Crippen LogP contribution in [0.3, 0.4) is 0 Å². The summed E-state index contributed by atoms with van der Waals surface area (Å²) in [6.45, 7) is 7.04. The van der Waals surface area contributed by atoms with Gasteiger partial charge in [0, 0.05) is 19.6 Å². The molecule has 0 aromatic heterocycles. The molecule has 0 aliphatic carbocycles. The van der Waals surface area contributed by atoms with Gasteiger partial charge in [-0.25, -0.2) is 4.79 Å². The Balaban J connectivity index is 1.94. The lowest BCUT2D eigenvalue weighted by Gasteiger charge is -2.35. The van der Waals surface area contributed by atoms with Gasteiger partial charge in [0.05, 0.1) is 13.0 Å². The molecule has 24 heavy (non-hydrogen) atoms. The SMILES string of the molecule is COC(=O)C1CCN(C(=O)C2CCCN2C(=O)OC(C)(C)C)CC1. The summed E-state index contributed by atoms with van der Waals surface area (Å²) in [6, 6.07) is -0.450. The largest absolute Gasteiger partial charge is 0.469 e. The predicted molar refractivity (Wildman–Crippen MR) is 87.3 cm³/mol. The number of rotatable bonds is 2. The van der Waals surface area contributed by atoms with Crippen LogP contribution in [-0.2, 0) is 19.1 Å². The van der Waals surface area contributed by atoms with Gasteiger partial charge in [0.15, 0.2) is 0 Å². The number of methoxy groups -OCH3 is 1. The summed E-state index contributed by atoms with van der Waals surface area (Å²) < 4.78 is 10.2. The third-order valence-corrected chi connectivity index (χ3v) is 4.51. The average molecular weight is 340 g/mol. The van der Waals surface area contributed by atoms with Crippen LogP contribution >= 0.6 is 0 Å². The summed E-state index contributed by atoms with van der Waals surface area (Å²) in [6.07, 6.45) is 2.25. The molecule has 0 bridgehead atoms. The van der Waals surface area contributed by atoms with E-state index in [-0.39, 0.29) is 17.8 Å². The molecular weight excluding hydrogens is 312 g/mol. The van der Waals surface area contributed by atoms with Crippen molar-refractivity contribution in [3.8, 4) is 0 Å². The Kier molecular flexibility index (Phi) is 5.72.